The lowest BCUT2D eigenvalue weighted by atomic mass is 9.92. The van der Waals surface area contributed by atoms with Gasteiger partial charge in [0, 0.05) is 29.2 Å². The number of hydrogen-bond acceptors (Lipinski definition) is 5. The fourth-order valence-electron chi connectivity index (χ4n) is 2.97. The molecule has 0 saturated heterocycles. The molecule has 0 aliphatic carbocycles. The van der Waals surface area contributed by atoms with E-state index in [-0.39, 0.29) is 23.2 Å². The van der Waals surface area contributed by atoms with Crippen molar-refractivity contribution in [2.75, 3.05) is 11.9 Å². The highest BCUT2D eigenvalue weighted by Gasteiger charge is 2.21. The van der Waals surface area contributed by atoms with Gasteiger partial charge in [0.25, 0.3) is 11.6 Å². The van der Waals surface area contributed by atoms with E-state index >= 15 is 0 Å². The van der Waals surface area contributed by atoms with E-state index in [1.54, 1.807) is 4.68 Å². The van der Waals surface area contributed by atoms with E-state index in [2.05, 4.69) is 15.7 Å². The Morgan fingerprint density at radius 1 is 1.06 bits per heavy atom. The highest BCUT2D eigenvalue weighted by molar-refractivity contribution is 5.99. The van der Waals surface area contributed by atoms with E-state index in [0.29, 0.717) is 12.4 Å². The number of carbonyl (C=O) groups excluding carboxylic acids is 2. The van der Waals surface area contributed by atoms with Crippen molar-refractivity contribution < 1.29 is 14.5 Å². The summed E-state index contributed by atoms with van der Waals surface area (Å²) >= 11 is 0. The van der Waals surface area contributed by atoms with Crippen molar-refractivity contribution in [1.82, 2.24) is 15.1 Å². The van der Waals surface area contributed by atoms with Crippen LogP contribution in [0.15, 0.2) is 60.7 Å². The number of benzene rings is 2. The Morgan fingerprint density at radius 2 is 1.78 bits per heavy atom. The number of nitro groups is 1. The second kappa shape index (κ2) is 9.42. The molecule has 0 spiro atoms. The monoisotopic (exact) mass is 435 g/mol. The van der Waals surface area contributed by atoms with Gasteiger partial charge < -0.3 is 10.6 Å². The highest BCUT2D eigenvalue weighted by atomic mass is 16.6. The number of hydrogen-bond donors (Lipinski definition) is 2. The first-order chi connectivity index (χ1) is 15.1. The quantitative estimate of drug-likeness (QED) is 0.435. The molecule has 2 aromatic carbocycles. The van der Waals surface area contributed by atoms with Crippen molar-refractivity contribution in [2.24, 2.45) is 0 Å². The zero-order valence-electron chi connectivity index (χ0n) is 18.2. The lowest BCUT2D eigenvalue weighted by Crippen LogP contribution is -2.33. The van der Waals surface area contributed by atoms with Gasteiger partial charge in [-0.2, -0.15) is 5.10 Å². The third kappa shape index (κ3) is 5.78. The third-order valence-electron chi connectivity index (χ3n) is 4.72. The van der Waals surface area contributed by atoms with Gasteiger partial charge in [-0.25, -0.2) is 4.68 Å². The van der Waals surface area contributed by atoms with Gasteiger partial charge in [-0.1, -0.05) is 57.2 Å². The number of nitrogens with one attached hydrogen (secondary N) is 2. The Morgan fingerprint density at radius 3 is 2.44 bits per heavy atom. The van der Waals surface area contributed by atoms with Gasteiger partial charge in [0.15, 0.2) is 0 Å². The van der Waals surface area contributed by atoms with Crippen LogP contribution in [-0.2, 0) is 16.8 Å². The Kier molecular flexibility index (Phi) is 6.67. The number of nitrogens with zero attached hydrogens (tertiary/aromatic N) is 3. The Balaban J connectivity index is 1.69. The van der Waals surface area contributed by atoms with E-state index in [1.165, 1.54) is 18.2 Å². The average molecular weight is 435 g/mol. The first kappa shape index (κ1) is 22.7. The van der Waals surface area contributed by atoms with Crippen LogP contribution in [0.3, 0.4) is 0 Å². The van der Waals surface area contributed by atoms with E-state index in [0.717, 1.165) is 17.3 Å². The fourth-order valence-corrected chi connectivity index (χ4v) is 2.97. The van der Waals surface area contributed by atoms with Crippen molar-refractivity contribution in [2.45, 2.75) is 32.7 Å². The van der Waals surface area contributed by atoms with Gasteiger partial charge in [-0.15, -0.1) is 0 Å². The third-order valence-corrected chi connectivity index (χ3v) is 4.72. The van der Waals surface area contributed by atoms with Gasteiger partial charge in [-0.3, -0.25) is 19.7 Å². The molecule has 0 atom stereocenters. The highest BCUT2D eigenvalue weighted by Crippen LogP contribution is 2.24. The summed E-state index contributed by atoms with van der Waals surface area (Å²) in [5, 5.41) is 20.8. The van der Waals surface area contributed by atoms with Crippen LogP contribution < -0.4 is 10.6 Å². The van der Waals surface area contributed by atoms with Crippen molar-refractivity contribution in [1.29, 1.82) is 0 Å². The lowest BCUT2D eigenvalue weighted by molar-refractivity contribution is -0.384. The summed E-state index contributed by atoms with van der Waals surface area (Å²) in [5.74, 6) is -0.483. The first-order valence-corrected chi connectivity index (χ1v) is 10.1. The molecule has 0 bridgehead atoms. The Hall–Kier alpha value is -4.01. The largest absolute Gasteiger partial charge is 0.343 e. The van der Waals surface area contributed by atoms with Crippen LogP contribution in [0, 0.1) is 10.1 Å². The van der Waals surface area contributed by atoms with Crippen LogP contribution in [0.1, 0.15) is 42.4 Å². The van der Waals surface area contributed by atoms with Gasteiger partial charge in [0.05, 0.1) is 23.7 Å². The van der Waals surface area contributed by atoms with Crippen molar-refractivity contribution >= 4 is 23.3 Å². The van der Waals surface area contributed by atoms with Gasteiger partial charge in [0.2, 0.25) is 5.91 Å². The predicted octanol–water partition coefficient (Wildman–Crippen LogP) is 3.51. The van der Waals surface area contributed by atoms with E-state index < -0.39 is 16.7 Å². The molecule has 166 valence electrons. The van der Waals surface area contributed by atoms with Gasteiger partial charge in [0.1, 0.15) is 5.82 Å². The molecule has 0 aliphatic heterocycles. The molecule has 0 aliphatic rings. The molecular formula is C23H25N5O4. The number of amides is 2. The molecule has 9 heteroatoms. The Bertz CT molecular complexity index is 1130. The topological polar surface area (TPSA) is 119 Å². The summed E-state index contributed by atoms with van der Waals surface area (Å²) in [5.41, 5.74) is 1.56. The lowest BCUT2D eigenvalue weighted by Gasteiger charge is -2.14. The summed E-state index contributed by atoms with van der Waals surface area (Å²) in [4.78, 5) is 35.1. The molecule has 3 rings (SSSR count). The summed E-state index contributed by atoms with van der Waals surface area (Å²) in [6.07, 6.45) is 0. The second-order valence-electron chi connectivity index (χ2n) is 8.35. The molecule has 2 N–H and O–H groups in total. The normalized spacial score (nSPS) is 11.1. The summed E-state index contributed by atoms with van der Waals surface area (Å²) < 4.78 is 1.72. The average Bonchev–Trinajstić information content (AvgIpc) is 3.15. The number of non-ortho nitro benzene ring substituents is 1. The molecule has 3 aromatic rings. The zero-order chi connectivity index (χ0) is 23.3. The maximum absolute atomic E-state index is 12.5. The van der Waals surface area contributed by atoms with Crippen molar-refractivity contribution in [3.8, 4) is 0 Å². The van der Waals surface area contributed by atoms with Crippen LogP contribution in [0.2, 0.25) is 0 Å². The van der Waals surface area contributed by atoms with E-state index in [1.807, 2.05) is 57.2 Å². The molecule has 1 heterocycles. The number of aromatic nitrogens is 2. The molecule has 32 heavy (non-hydrogen) atoms. The van der Waals surface area contributed by atoms with Gasteiger partial charge in [-0.05, 0) is 11.6 Å². The van der Waals surface area contributed by atoms with Crippen LogP contribution in [0.5, 0.6) is 0 Å². The standard InChI is InChI=1S/C23H25N5O4/c1-23(2,3)19-13-20(27(26-19)15-16-8-5-4-6-9-16)25-21(29)14-24-22(30)17-10-7-11-18(12-17)28(31)32/h4-13H,14-15H2,1-3H3,(H,24,30)(H,25,29). The molecule has 9 nitrogen and oxygen atoms in total. The number of anilines is 1. The molecular weight excluding hydrogens is 410 g/mol. The van der Waals surface area contributed by atoms with Gasteiger partial charge >= 0.3 is 0 Å². The number of carbonyl (C=O) groups is 2. The van der Waals surface area contributed by atoms with E-state index in [9.17, 15) is 19.7 Å². The predicted molar refractivity (Wildman–Crippen MR) is 121 cm³/mol. The molecule has 1 aromatic heterocycles. The minimum atomic E-state index is -0.579. The van der Waals surface area contributed by atoms with Crippen LogP contribution in [-0.4, -0.2) is 33.1 Å². The summed E-state index contributed by atoms with van der Waals surface area (Å²) in [6.45, 7) is 6.29. The summed E-state index contributed by atoms with van der Waals surface area (Å²) in [7, 11) is 0. The minimum Gasteiger partial charge on any atom is -0.343 e. The maximum Gasteiger partial charge on any atom is 0.270 e. The molecule has 0 unspecified atom stereocenters. The number of nitro benzene ring substituents is 1. The van der Waals surface area contributed by atoms with Crippen molar-refractivity contribution in [3.05, 3.63) is 87.6 Å². The van der Waals surface area contributed by atoms with Crippen LogP contribution >= 0.6 is 0 Å². The maximum atomic E-state index is 12.5. The van der Waals surface area contributed by atoms with Crippen LogP contribution in [0.25, 0.3) is 0 Å². The van der Waals surface area contributed by atoms with E-state index in [4.69, 9.17) is 0 Å². The zero-order valence-corrected chi connectivity index (χ0v) is 18.2. The fraction of sp³-hybridized carbons (Fsp3) is 0.261. The Labute approximate surface area is 185 Å². The first-order valence-electron chi connectivity index (χ1n) is 10.1. The molecule has 2 amide bonds. The molecule has 0 fully saturated rings. The smallest absolute Gasteiger partial charge is 0.270 e. The molecule has 0 radical (unpaired) electrons. The molecule has 0 saturated carbocycles. The van der Waals surface area contributed by atoms with Crippen LogP contribution in [0.4, 0.5) is 11.5 Å². The number of rotatable bonds is 7. The summed E-state index contributed by atoms with van der Waals surface area (Å²) in [6, 6.07) is 16.9. The minimum absolute atomic E-state index is 0.108. The van der Waals surface area contributed by atoms with Crippen molar-refractivity contribution in [3.63, 3.8) is 0 Å². The second-order valence-corrected chi connectivity index (χ2v) is 8.35. The SMILES string of the molecule is CC(C)(C)c1cc(NC(=O)CNC(=O)c2cccc([N+](=O)[O-])c2)n(Cc2ccccc2)n1.